The third-order valence-corrected chi connectivity index (χ3v) is 4.76. The number of hydrogen-bond donors (Lipinski definition) is 0. The van der Waals surface area contributed by atoms with Gasteiger partial charge in [0.15, 0.2) is 0 Å². The van der Waals surface area contributed by atoms with Crippen LogP contribution >= 0.6 is 11.6 Å². The van der Waals surface area contributed by atoms with Gasteiger partial charge in [-0.3, -0.25) is 4.79 Å². The lowest BCUT2D eigenvalue weighted by atomic mass is 9.62. The Morgan fingerprint density at radius 1 is 1.10 bits per heavy atom. The van der Waals surface area contributed by atoms with Crippen LogP contribution in [0.15, 0.2) is 18.2 Å². The lowest BCUT2D eigenvalue weighted by Crippen LogP contribution is -2.34. The first-order valence-electron chi connectivity index (χ1n) is 7.17. The molecular weight excluding hydrogens is 268 g/mol. The van der Waals surface area contributed by atoms with E-state index in [1.165, 1.54) is 35.6 Å². The van der Waals surface area contributed by atoms with Crippen molar-refractivity contribution in [1.29, 1.82) is 0 Å². The fourth-order valence-electron chi connectivity index (χ4n) is 3.07. The number of carbonyl (C=O) groups excluding carboxylic acids is 1. The predicted molar refractivity (Wildman–Crippen MR) is 86.4 cm³/mol. The van der Waals surface area contributed by atoms with Gasteiger partial charge in [0.05, 0.1) is 0 Å². The van der Waals surface area contributed by atoms with Gasteiger partial charge in [-0.15, -0.1) is 0 Å². The molecule has 20 heavy (non-hydrogen) atoms. The molecule has 0 radical (unpaired) electrons. The Morgan fingerprint density at radius 3 is 2.10 bits per heavy atom. The first-order valence-corrected chi connectivity index (χ1v) is 7.54. The van der Waals surface area contributed by atoms with Crippen molar-refractivity contribution in [2.45, 2.75) is 58.3 Å². The molecule has 0 unspecified atom stereocenters. The van der Waals surface area contributed by atoms with E-state index >= 15 is 0 Å². The van der Waals surface area contributed by atoms with Gasteiger partial charge in [-0.05, 0) is 76.6 Å². The van der Waals surface area contributed by atoms with Crippen LogP contribution in [0, 0.1) is 6.92 Å². The number of aryl methyl sites for hydroxylation is 1. The fraction of sp³-hybridized carbons (Fsp3) is 0.500. The zero-order chi connectivity index (χ0) is 15.1. The Hall–Kier alpha value is -1.08. The summed E-state index contributed by atoms with van der Waals surface area (Å²) in [6.45, 7) is 11.3. The van der Waals surface area contributed by atoms with Crippen molar-refractivity contribution in [3.63, 3.8) is 0 Å². The van der Waals surface area contributed by atoms with Crippen LogP contribution in [-0.4, -0.2) is 5.24 Å². The third kappa shape index (κ3) is 2.83. The van der Waals surface area contributed by atoms with Gasteiger partial charge < -0.3 is 0 Å². The van der Waals surface area contributed by atoms with Gasteiger partial charge in [-0.25, -0.2) is 0 Å². The van der Waals surface area contributed by atoms with Crippen LogP contribution in [0.5, 0.6) is 0 Å². The van der Waals surface area contributed by atoms with E-state index in [1.54, 1.807) is 0 Å². The topological polar surface area (TPSA) is 17.1 Å². The van der Waals surface area contributed by atoms with E-state index in [4.69, 9.17) is 11.6 Å². The summed E-state index contributed by atoms with van der Waals surface area (Å²) in [4.78, 5) is 10.9. The fourth-order valence-corrected chi connectivity index (χ4v) is 3.14. The summed E-state index contributed by atoms with van der Waals surface area (Å²) in [5.41, 5.74) is 5.54. The summed E-state index contributed by atoms with van der Waals surface area (Å²) in [7, 11) is 0. The molecule has 2 rings (SSSR count). The number of allylic oxidation sites excluding steroid dienone is 1. The first kappa shape index (κ1) is 15.3. The minimum Gasteiger partial charge on any atom is -0.276 e. The van der Waals surface area contributed by atoms with Gasteiger partial charge in [-0.2, -0.15) is 0 Å². The number of fused-ring (bicyclic) bond motifs is 1. The molecule has 1 aliphatic carbocycles. The summed E-state index contributed by atoms with van der Waals surface area (Å²) in [5.74, 6) is 0. The second-order valence-corrected chi connectivity index (χ2v) is 7.53. The molecule has 0 atom stereocenters. The molecule has 1 aromatic carbocycles. The molecule has 108 valence electrons. The van der Waals surface area contributed by atoms with Crippen LogP contribution in [0.1, 0.15) is 62.8 Å². The maximum atomic E-state index is 10.9. The Bertz CT molecular complexity index is 579. The van der Waals surface area contributed by atoms with Crippen molar-refractivity contribution in [3.05, 3.63) is 40.5 Å². The molecular formula is C18H23ClO. The highest BCUT2D eigenvalue weighted by Crippen LogP contribution is 2.46. The van der Waals surface area contributed by atoms with Gasteiger partial charge in [0.2, 0.25) is 5.24 Å². The van der Waals surface area contributed by atoms with E-state index in [-0.39, 0.29) is 10.8 Å². The Morgan fingerprint density at radius 2 is 1.60 bits per heavy atom. The van der Waals surface area contributed by atoms with Crippen LogP contribution in [-0.2, 0) is 15.6 Å². The predicted octanol–water partition coefficient (Wildman–Crippen LogP) is 5.12. The van der Waals surface area contributed by atoms with E-state index in [2.05, 4.69) is 46.8 Å². The molecule has 0 aliphatic heterocycles. The summed E-state index contributed by atoms with van der Waals surface area (Å²) in [5, 5.41) is -0.429. The number of benzene rings is 1. The lowest BCUT2D eigenvalue weighted by Gasteiger charge is -2.42. The molecule has 0 saturated carbocycles. The Balaban J connectivity index is 2.60. The third-order valence-electron chi connectivity index (χ3n) is 4.63. The Kier molecular flexibility index (Phi) is 3.85. The van der Waals surface area contributed by atoms with E-state index in [0.29, 0.717) is 0 Å². The van der Waals surface area contributed by atoms with Crippen LogP contribution in [0.3, 0.4) is 0 Å². The van der Waals surface area contributed by atoms with Crippen LogP contribution in [0.25, 0.3) is 6.08 Å². The van der Waals surface area contributed by atoms with Crippen molar-refractivity contribution < 1.29 is 4.79 Å². The van der Waals surface area contributed by atoms with E-state index in [1.807, 2.05) is 6.08 Å². The molecule has 0 N–H and O–H groups in total. The van der Waals surface area contributed by atoms with Crippen molar-refractivity contribution in [2.75, 3.05) is 0 Å². The molecule has 0 heterocycles. The molecule has 1 aromatic rings. The maximum absolute atomic E-state index is 10.9. The molecule has 2 heteroatoms. The lowest BCUT2D eigenvalue weighted by molar-refractivity contribution is -0.107. The van der Waals surface area contributed by atoms with Crippen molar-refractivity contribution >= 4 is 22.9 Å². The van der Waals surface area contributed by atoms with E-state index < -0.39 is 5.24 Å². The second-order valence-electron chi connectivity index (χ2n) is 7.16. The molecule has 0 bridgehead atoms. The number of halogens is 1. The number of hydrogen-bond acceptors (Lipinski definition) is 1. The zero-order valence-corrected chi connectivity index (χ0v) is 13.8. The van der Waals surface area contributed by atoms with Crippen molar-refractivity contribution in [3.8, 4) is 0 Å². The molecule has 0 aromatic heterocycles. The van der Waals surface area contributed by atoms with Crippen molar-refractivity contribution in [1.82, 2.24) is 0 Å². The smallest absolute Gasteiger partial charge is 0.245 e. The van der Waals surface area contributed by atoms with Gasteiger partial charge in [0.1, 0.15) is 0 Å². The molecule has 0 fully saturated rings. The van der Waals surface area contributed by atoms with E-state index in [9.17, 15) is 4.79 Å². The van der Waals surface area contributed by atoms with Crippen LogP contribution in [0.4, 0.5) is 0 Å². The van der Waals surface area contributed by atoms with Gasteiger partial charge >= 0.3 is 0 Å². The summed E-state index contributed by atoms with van der Waals surface area (Å²) >= 11 is 5.40. The highest BCUT2D eigenvalue weighted by atomic mass is 35.5. The zero-order valence-electron chi connectivity index (χ0n) is 13.0. The highest BCUT2D eigenvalue weighted by Gasteiger charge is 2.37. The highest BCUT2D eigenvalue weighted by molar-refractivity contribution is 6.66. The summed E-state index contributed by atoms with van der Waals surface area (Å²) < 4.78 is 0. The number of carbonyl (C=O) groups is 1. The minimum absolute atomic E-state index is 0.187. The summed E-state index contributed by atoms with van der Waals surface area (Å²) in [6.07, 6.45) is 5.65. The van der Waals surface area contributed by atoms with Gasteiger partial charge in [-0.1, -0.05) is 39.8 Å². The second kappa shape index (κ2) is 5.04. The van der Waals surface area contributed by atoms with Crippen LogP contribution < -0.4 is 0 Å². The average molecular weight is 291 g/mol. The molecule has 0 spiro atoms. The molecule has 0 amide bonds. The molecule has 1 nitrogen and oxygen atoms in total. The molecule has 1 aliphatic rings. The Labute approximate surface area is 127 Å². The quantitative estimate of drug-likeness (QED) is 0.545. The average Bonchev–Trinajstić information content (AvgIpc) is 2.33. The van der Waals surface area contributed by atoms with Gasteiger partial charge in [0.25, 0.3) is 0 Å². The molecule has 0 saturated heterocycles. The van der Waals surface area contributed by atoms with Crippen molar-refractivity contribution in [2.24, 2.45) is 0 Å². The minimum atomic E-state index is -0.429. The largest absolute Gasteiger partial charge is 0.276 e. The van der Waals surface area contributed by atoms with Gasteiger partial charge in [0, 0.05) is 0 Å². The summed E-state index contributed by atoms with van der Waals surface area (Å²) in [6, 6.07) is 4.52. The standard InChI is InChI=1S/C18H23ClO/c1-12-10-14-15(11-13(12)6-7-16(19)20)18(4,5)9-8-17(14,2)3/h6-7,10-11H,8-9H2,1-5H3/b7-6+. The van der Waals surface area contributed by atoms with Crippen LogP contribution in [0.2, 0.25) is 0 Å². The number of rotatable bonds is 2. The maximum Gasteiger partial charge on any atom is 0.245 e. The normalized spacial score (nSPS) is 19.9. The monoisotopic (exact) mass is 290 g/mol. The van der Waals surface area contributed by atoms with E-state index in [0.717, 1.165) is 5.56 Å². The first-order chi connectivity index (χ1) is 9.13. The SMILES string of the molecule is Cc1cc2c(cc1/C=C/C(=O)Cl)C(C)(C)CCC2(C)C.